The van der Waals surface area contributed by atoms with Gasteiger partial charge >= 0.3 is 0 Å². The van der Waals surface area contributed by atoms with Crippen LogP contribution in [-0.4, -0.2) is 67.0 Å². The fourth-order valence-corrected chi connectivity index (χ4v) is 6.25. The zero-order valence-corrected chi connectivity index (χ0v) is 22.0. The highest BCUT2D eigenvalue weighted by molar-refractivity contribution is 6.33. The largest absolute Gasteiger partial charge is 0.383 e. The van der Waals surface area contributed by atoms with E-state index in [9.17, 15) is 4.39 Å². The van der Waals surface area contributed by atoms with E-state index in [2.05, 4.69) is 24.8 Å². The van der Waals surface area contributed by atoms with E-state index in [1.165, 1.54) is 12.4 Å². The molecular weight excluding hydrogens is 519 g/mol. The Hall–Kier alpha value is -3.60. The molecule has 0 amide bonds. The number of hydrogen-bond donors (Lipinski definition) is 2. The van der Waals surface area contributed by atoms with E-state index in [0.717, 1.165) is 85.3 Å². The number of imidazole rings is 1. The second kappa shape index (κ2) is 9.86. The van der Waals surface area contributed by atoms with Crippen LogP contribution in [0.5, 0.6) is 0 Å². The summed E-state index contributed by atoms with van der Waals surface area (Å²) >= 11 is 6.21. The maximum atomic E-state index is 14.0. The molecule has 1 saturated heterocycles. The fourth-order valence-electron chi connectivity index (χ4n) is 6.03. The van der Waals surface area contributed by atoms with Crippen molar-refractivity contribution in [2.24, 2.45) is 0 Å². The zero-order chi connectivity index (χ0) is 26.5. The van der Waals surface area contributed by atoms with Crippen LogP contribution in [0.2, 0.25) is 5.02 Å². The number of aromatic amines is 1. The highest BCUT2D eigenvalue weighted by atomic mass is 35.5. The number of hydrogen-bond acceptors (Lipinski definition) is 7. The molecule has 39 heavy (non-hydrogen) atoms. The van der Waals surface area contributed by atoms with Gasteiger partial charge in [0.1, 0.15) is 29.5 Å². The SMILES string of the molecule is Nc1ncnc2c1c(-c1ccc3nc(-c4cccc(F)c4Cl)[nH]c3c1)nn2[C@H]1CC[C@H](N2CCOCC2)CC1. The van der Waals surface area contributed by atoms with Crippen molar-refractivity contribution in [3.63, 3.8) is 0 Å². The number of fused-ring (bicyclic) bond motifs is 2. The molecule has 0 radical (unpaired) electrons. The van der Waals surface area contributed by atoms with Gasteiger partial charge in [-0.05, 0) is 49.9 Å². The van der Waals surface area contributed by atoms with E-state index in [1.807, 2.05) is 22.9 Å². The smallest absolute Gasteiger partial charge is 0.164 e. The number of H-pyrrole nitrogens is 1. The molecule has 0 atom stereocenters. The predicted molar refractivity (Wildman–Crippen MR) is 149 cm³/mol. The van der Waals surface area contributed by atoms with Gasteiger partial charge in [0.2, 0.25) is 0 Å². The number of anilines is 1. The molecule has 1 aliphatic heterocycles. The van der Waals surface area contributed by atoms with E-state index < -0.39 is 5.82 Å². The zero-order valence-electron chi connectivity index (χ0n) is 21.3. The number of nitrogen functional groups attached to an aromatic ring is 1. The first-order chi connectivity index (χ1) is 19.1. The molecule has 0 bridgehead atoms. The van der Waals surface area contributed by atoms with Gasteiger partial charge in [0, 0.05) is 30.3 Å². The van der Waals surface area contributed by atoms with E-state index in [1.54, 1.807) is 12.1 Å². The second-order valence-corrected chi connectivity index (χ2v) is 10.7. The summed E-state index contributed by atoms with van der Waals surface area (Å²) in [7, 11) is 0. The van der Waals surface area contributed by atoms with Crippen LogP contribution in [0.15, 0.2) is 42.7 Å². The van der Waals surface area contributed by atoms with Gasteiger partial charge in [0.05, 0.1) is 40.7 Å². The van der Waals surface area contributed by atoms with Gasteiger partial charge in [-0.15, -0.1) is 0 Å². The maximum absolute atomic E-state index is 14.0. The van der Waals surface area contributed by atoms with Gasteiger partial charge in [0.15, 0.2) is 5.65 Å². The third-order valence-electron chi connectivity index (χ3n) is 8.05. The van der Waals surface area contributed by atoms with Crippen LogP contribution >= 0.6 is 11.6 Å². The van der Waals surface area contributed by atoms with Gasteiger partial charge in [-0.1, -0.05) is 23.7 Å². The number of nitrogens with two attached hydrogens (primary N) is 1. The molecule has 0 spiro atoms. The number of ether oxygens (including phenoxy) is 1. The average molecular weight is 547 g/mol. The van der Waals surface area contributed by atoms with Gasteiger partial charge < -0.3 is 15.5 Å². The summed E-state index contributed by atoms with van der Waals surface area (Å²) in [6.07, 6.45) is 5.80. The Morgan fingerprint density at radius 1 is 1.03 bits per heavy atom. The fraction of sp³-hybridized carbons (Fsp3) is 0.357. The summed E-state index contributed by atoms with van der Waals surface area (Å²) < 4.78 is 21.6. The Bertz CT molecular complexity index is 1670. The van der Waals surface area contributed by atoms with Crippen molar-refractivity contribution in [3.8, 4) is 22.6 Å². The molecule has 2 fully saturated rings. The number of nitrogens with one attached hydrogen (secondary N) is 1. The minimum Gasteiger partial charge on any atom is -0.383 e. The van der Waals surface area contributed by atoms with Crippen molar-refractivity contribution in [2.75, 3.05) is 32.0 Å². The van der Waals surface area contributed by atoms with Crippen molar-refractivity contribution in [1.82, 2.24) is 34.6 Å². The molecule has 1 saturated carbocycles. The summed E-state index contributed by atoms with van der Waals surface area (Å²) in [5.41, 5.74) is 10.8. The Morgan fingerprint density at radius 2 is 1.82 bits per heavy atom. The predicted octanol–water partition coefficient (Wildman–Crippen LogP) is 5.23. The van der Waals surface area contributed by atoms with Gasteiger partial charge in [-0.25, -0.2) is 24.0 Å². The van der Waals surface area contributed by atoms with E-state index in [-0.39, 0.29) is 11.1 Å². The molecule has 2 aliphatic rings. The number of benzene rings is 2. The Labute approximate surface area is 229 Å². The van der Waals surface area contributed by atoms with Crippen LogP contribution in [-0.2, 0) is 4.74 Å². The summed E-state index contributed by atoms with van der Waals surface area (Å²) in [5.74, 6) is 0.420. The lowest BCUT2D eigenvalue weighted by Gasteiger charge is -2.38. The van der Waals surface area contributed by atoms with E-state index in [0.29, 0.717) is 23.2 Å². The molecule has 9 nitrogen and oxygen atoms in total. The van der Waals surface area contributed by atoms with Crippen LogP contribution in [0.4, 0.5) is 10.2 Å². The van der Waals surface area contributed by atoms with Crippen molar-refractivity contribution in [1.29, 1.82) is 0 Å². The molecule has 7 rings (SSSR count). The van der Waals surface area contributed by atoms with Crippen molar-refractivity contribution in [3.05, 3.63) is 53.6 Å². The molecule has 5 aromatic rings. The summed E-state index contributed by atoms with van der Waals surface area (Å²) in [5, 5.41) is 5.86. The van der Waals surface area contributed by atoms with Gasteiger partial charge in [-0.2, -0.15) is 5.10 Å². The Balaban J connectivity index is 1.23. The molecular formula is C28H28ClFN8O. The van der Waals surface area contributed by atoms with E-state index in [4.69, 9.17) is 27.2 Å². The highest BCUT2D eigenvalue weighted by Gasteiger charge is 2.30. The lowest BCUT2D eigenvalue weighted by molar-refractivity contribution is 0.00520. The van der Waals surface area contributed by atoms with Gasteiger partial charge in [-0.3, -0.25) is 4.90 Å². The summed E-state index contributed by atoms with van der Waals surface area (Å²) in [4.78, 5) is 19.4. The second-order valence-electron chi connectivity index (χ2n) is 10.3. The quantitative estimate of drug-likeness (QED) is 0.317. The van der Waals surface area contributed by atoms with E-state index >= 15 is 0 Å². The molecule has 3 N–H and O–H groups in total. The molecule has 0 unspecified atom stereocenters. The van der Waals surface area contributed by atoms with Crippen LogP contribution in [0.3, 0.4) is 0 Å². The third-order valence-corrected chi connectivity index (χ3v) is 8.44. The Kier molecular flexibility index (Phi) is 6.18. The standard InChI is InChI=1S/C28H28ClFN8O/c29-24-19(2-1-3-20(24)30)27-34-21-9-4-16(14-22(21)35-27)25-23-26(31)32-15-33-28(23)38(36-25)18-7-5-17(6-8-18)37-10-12-39-13-11-37/h1-4,9,14-15,17-18H,5-8,10-13H2,(H,34,35)(H2,31,32,33)/t17-,18-. The molecule has 11 heteroatoms. The van der Waals surface area contributed by atoms with Crippen molar-refractivity contribution < 1.29 is 9.13 Å². The van der Waals surface area contributed by atoms with Crippen molar-refractivity contribution >= 4 is 39.5 Å². The molecule has 1 aliphatic carbocycles. The molecule has 3 aromatic heterocycles. The lowest BCUT2D eigenvalue weighted by Crippen LogP contribution is -2.45. The monoisotopic (exact) mass is 546 g/mol. The molecule has 2 aromatic carbocycles. The van der Waals surface area contributed by atoms with Crippen LogP contribution < -0.4 is 5.73 Å². The minimum absolute atomic E-state index is 0.0368. The number of halogens is 2. The number of aromatic nitrogens is 6. The number of morpholine rings is 1. The summed E-state index contributed by atoms with van der Waals surface area (Å²) in [6, 6.07) is 11.4. The minimum atomic E-state index is -0.484. The average Bonchev–Trinajstić information content (AvgIpc) is 3.57. The first-order valence-electron chi connectivity index (χ1n) is 13.3. The molecule has 200 valence electrons. The first kappa shape index (κ1) is 24.4. The Morgan fingerprint density at radius 3 is 2.64 bits per heavy atom. The van der Waals surface area contributed by atoms with Gasteiger partial charge in [0.25, 0.3) is 0 Å². The number of nitrogens with zero attached hydrogens (tertiary/aromatic N) is 6. The normalized spacial score (nSPS) is 20.7. The summed E-state index contributed by atoms with van der Waals surface area (Å²) in [6.45, 7) is 3.66. The number of rotatable bonds is 4. The highest BCUT2D eigenvalue weighted by Crippen LogP contribution is 2.38. The van der Waals surface area contributed by atoms with Crippen LogP contribution in [0, 0.1) is 5.82 Å². The molecule has 4 heterocycles. The first-order valence-corrected chi connectivity index (χ1v) is 13.7. The third kappa shape index (κ3) is 4.32. The van der Waals surface area contributed by atoms with Crippen LogP contribution in [0.25, 0.3) is 44.7 Å². The lowest BCUT2D eigenvalue weighted by atomic mass is 9.90. The van der Waals surface area contributed by atoms with Crippen molar-refractivity contribution in [2.45, 2.75) is 37.8 Å². The maximum Gasteiger partial charge on any atom is 0.164 e. The van der Waals surface area contributed by atoms with Crippen LogP contribution in [0.1, 0.15) is 31.7 Å². The topological polar surface area (TPSA) is 111 Å².